The lowest BCUT2D eigenvalue weighted by molar-refractivity contribution is -0.117. The second-order valence-corrected chi connectivity index (χ2v) is 8.71. The van der Waals surface area contributed by atoms with Crippen LogP contribution in [-0.4, -0.2) is 27.5 Å². The van der Waals surface area contributed by atoms with E-state index in [-0.39, 0.29) is 11.3 Å². The third-order valence-corrected chi connectivity index (χ3v) is 6.15. The first-order valence-electron chi connectivity index (χ1n) is 9.56. The van der Waals surface area contributed by atoms with E-state index in [0.29, 0.717) is 17.0 Å². The van der Waals surface area contributed by atoms with E-state index in [1.807, 2.05) is 30.3 Å². The molecule has 162 valence electrons. The minimum Gasteiger partial charge on any atom is -0.496 e. The second kappa shape index (κ2) is 9.72. The summed E-state index contributed by atoms with van der Waals surface area (Å²) in [6.07, 6.45) is 0.141. The first-order chi connectivity index (χ1) is 14.8. The summed E-state index contributed by atoms with van der Waals surface area (Å²) in [7, 11) is -2.49. The van der Waals surface area contributed by atoms with Crippen molar-refractivity contribution in [2.24, 2.45) is 0 Å². The van der Waals surface area contributed by atoms with E-state index in [4.69, 9.17) is 4.74 Å². The summed E-state index contributed by atoms with van der Waals surface area (Å²) in [5.41, 5.74) is 1.81. The van der Waals surface area contributed by atoms with Crippen LogP contribution < -0.4 is 14.8 Å². The number of amides is 1. The molecular weight excluding hydrogens is 419 g/mol. The van der Waals surface area contributed by atoms with Crippen molar-refractivity contribution in [1.29, 1.82) is 0 Å². The fourth-order valence-electron chi connectivity index (χ4n) is 3.07. The van der Waals surface area contributed by atoms with Gasteiger partial charge in [0.1, 0.15) is 17.6 Å². The lowest BCUT2D eigenvalue weighted by Crippen LogP contribution is -2.45. The third-order valence-electron chi connectivity index (χ3n) is 4.68. The van der Waals surface area contributed by atoms with Gasteiger partial charge in [0.15, 0.2) is 0 Å². The predicted molar refractivity (Wildman–Crippen MR) is 117 cm³/mol. The van der Waals surface area contributed by atoms with Crippen LogP contribution in [-0.2, 0) is 21.2 Å². The number of carbonyl (C=O) groups excluding carboxylic acids is 1. The summed E-state index contributed by atoms with van der Waals surface area (Å²) < 4.78 is 46.8. The van der Waals surface area contributed by atoms with Gasteiger partial charge >= 0.3 is 0 Å². The minimum atomic E-state index is -4.00. The zero-order chi connectivity index (χ0) is 22.4. The molecule has 0 spiro atoms. The smallest absolute Gasteiger partial charge is 0.242 e. The van der Waals surface area contributed by atoms with E-state index in [0.717, 1.165) is 5.56 Å². The number of hydrogen-bond acceptors (Lipinski definition) is 4. The number of benzene rings is 3. The molecule has 1 amide bonds. The molecule has 0 bridgehead atoms. The maximum absolute atomic E-state index is 13.2. The Bertz CT molecular complexity index is 1150. The quantitative estimate of drug-likeness (QED) is 0.558. The molecule has 1 atom stereocenters. The highest BCUT2D eigenvalue weighted by atomic mass is 32.2. The monoisotopic (exact) mass is 442 g/mol. The summed E-state index contributed by atoms with van der Waals surface area (Å²) in [5, 5.41) is 2.64. The highest BCUT2D eigenvalue weighted by Crippen LogP contribution is 2.22. The molecule has 6 nitrogen and oxygen atoms in total. The standard InChI is InChI=1S/C23H23FN2O4S/c1-16-14-20(12-13-22(16)30-2)31(28,29)26-21(15-17-6-4-3-5-7-17)23(27)25-19-10-8-18(24)9-11-19/h3-14,21,26H,15H2,1-2H3,(H,25,27). The van der Waals surface area contributed by atoms with Crippen molar-refractivity contribution in [1.82, 2.24) is 4.72 Å². The summed E-state index contributed by atoms with van der Waals surface area (Å²) in [4.78, 5) is 13.0. The van der Waals surface area contributed by atoms with Crippen molar-refractivity contribution >= 4 is 21.6 Å². The molecule has 0 heterocycles. The zero-order valence-corrected chi connectivity index (χ0v) is 17.9. The number of sulfonamides is 1. The molecule has 31 heavy (non-hydrogen) atoms. The molecule has 0 fully saturated rings. The highest BCUT2D eigenvalue weighted by molar-refractivity contribution is 7.89. The van der Waals surface area contributed by atoms with Crippen LogP contribution in [0.3, 0.4) is 0 Å². The van der Waals surface area contributed by atoms with E-state index in [9.17, 15) is 17.6 Å². The van der Waals surface area contributed by atoms with Crippen LogP contribution in [0.25, 0.3) is 0 Å². The molecule has 0 aliphatic rings. The molecule has 2 N–H and O–H groups in total. The number of methoxy groups -OCH3 is 1. The van der Waals surface area contributed by atoms with Gasteiger partial charge < -0.3 is 10.1 Å². The number of carbonyl (C=O) groups is 1. The molecule has 1 unspecified atom stereocenters. The van der Waals surface area contributed by atoms with Crippen LogP contribution >= 0.6 is 0 Å². The Balaban J connectivity index is 1.87. The molecular formula is C23H23FN2O4S. The molecule has 3 rings (SSSR count). The molecule has 0 saturated carbocycles. The van der Waals surface area contributed by atoms with Crippen LogP contribution in [0.15, 0.2) is 77.7 Å². The van der Waals surface area contributed by atoms with Crippen LogP contribution in [0.5, 0.6) is 5.75 Å². The van der Waals surface area contributed by atoms with E-state index in [1.54, 1.807) is 13.0 Å². The largest absolute Gasteiger partial charge is 0.496 e. The Morgan fingerprint density at radius 1 is 1.03 bits per heavy atom. The van der Waals surface area contributed by atoms with Gasteiger partial charge in [-0.25, -0.2) is 12.8 Å². The average Bonchev–Trinajstić information content (AvgIpc) is 2.75. The molecule has 0 radical (unpaired) electrons. The summed E-state index contributed by atoms with van der Waals surface area (Å²) in [5.74, 6) is -0.424. The van der Waals surface area contributed by atoms with Crippen molar-refractivity contribution < 1.29 is 22.3 Å². The molecule has 0 aliphatic heterocycles. The van der Waals surface area contributed by atoms with Crippen molar-refractivity contribution in [2.45, 2.75) is 24.3 Å². The summed E-state index contributed by atoms with van der Waals surface area (Å²) in [6.45, 7) is 1.74. The average molecular weight is 443 g/mol. The molecule has 3 aromatic carbocycles. The lowest BCUT2D eigenvalue weighted by Gasteiger charge is -2.19. The van der Waals surface area contributed by atoms with Crippen LogP contribution in [0.1, 0.15) is 11.1 Å². The van der Waals surface area contributed by atoms with Crippen LogP contribution in [0, 0.1) is 12.7 Å². The summed E-state index contributed by atoms with van der Waals surface area (Å²) in [6, 6.07) is 17.7. The van der Waals surface area contributed by atoms with E-state index < -0.39 is 27.8 Å². The molecule has 0 aromatic heterocycles. The van der Waals surface area contributed by atoms with Gasteiger partial charge in [-0.05, 0) is 66.9 Å². The fraction of sp³-hybridized carbons (Fsp3) is 0.174. The Morgan fingerprint density at radius 2 is 1.71 bits per heavy atom. The van der Waals surface area contributed by atoms with Crippen molar-refractivity contribution in [2.75, 3.05) is 12.4 Å². The Kier molecular flexibility index (Phi) is 7.04. The first-order valence-corrected chi connectivity index (χ1v) is 11.0. The Labute approximate surface area is 181 Å². The van der Waals surface area contributed by atoms with Gasteiger partial charge in [0.2, 0.25) is 15.9 Å². The molecule has 8 heteroatoms. The third kappa shape index (κ3) is 5.90. The second-order valence-electron chi connectivity index (χ2n) is 6.99. The normalized spacial score (nSPS) is 12.2. The Hall–Kier alpha value is -3.23. The minimum absolute atomic E-state index is 0.0263. The number of halogens is 1. The maximum Gasteiger partial charge on any atom is 0.242 e. The van der Waals surface area contributed by atoms with Gasteiger partial charge in [-0.3, -0.25) is 4.79 Å². The fourth-order valence-corrected chi connectivity index (χ4v) is 4.35. The van der Waals surface area contributed by atoms with Crippen LogP contribution in [0.2, 0.25) is 0 Å². The summed E-state index contributed by atoms with van der Waals surface area (Å²) >= 11 is 0. The van der Waals surface area contributed by atoms with Crippen molar-refractivity contribution in [3.63, 3.8) is 0 Å². The number of hydrogen-bond donors (Lipinski definition) is 2. The number of ether oxygens (including phenoxy) is 1. The topological polar surface area (TPSA) is 84.5 Å². The van der Waals surface area contributed by atoms with Crippen LogP contribution in [0.4, 0.5) is 10.1 Å². The van der Waals surface area contributed by atoms with Gasteiger partial charge in [-0.15, -0.1) is 0 Å². The number of rotatable bonds is 8. The number of anilines is 1. The van der Waals surface area contributed by atoms with E-state index in [2.05, 4.69) is 10.0 Å². The SMILES string of the molecule is COc1ccc(S(=O)(=O)NC(Cc2ccccc2)C(=O)Nc2ccc(F)cc2)cc1C. The van der Waals surface area contributed by atoms with Crippen molar-refractivity contribution in [3.05, 3.63) is 89.7 Å². The van der Waals surface area contributed by atoms with Crippen molar-refractivity contribution in [3.8, 4) is 5.75 Å². The first kappa shape index (κ1) is 22.5. The highest BCUT2D eigenvalue weighted by Gasteiger charge is 2.26. The maximum atomic E-state index is 13.2. The number of aryl methyl sites for hydroxylation is 1. The van der Waals surface area contributed by atoms with Gasteiger partial charge in [0.25, 0.3) is 0 Å². The molecule has 0 saturated heterocycles. The van der Waals surface area contributed by atoms with Gasteiger partial charge in [-0.2, -0.15) is 4.72 Å². The van der Waals surface area contributed by atoms with Gasteiger partial charge in [-0.1, -0.05) is 30.3 Å². The number of nitrogens with one attached hydrogen (secondary N) is 2. The van der Waals surface area contributed by atoms with Gasteiger partial charge in [0, 0.05) is 5.69 Å². The van der Waals surface area contributed by atoms with E-state index >= 15 is 0 Å². The predicted octanol–water partition coefficient (Wildman–Crippen LogP) is 3.67. The zero-order valence-electron chi connectivity index (χ0n) is 17.1. The van der Waals surface area contributed by atoms with Gasteiger partial charge in [0.05, 0.1) is 12.0 Å². The van der Waals surface area contributed by atoms with E-state index in [1.165, 1.54) is 43.5 Å². The Morgan fingerprint density at radius 3 is 2.32 bits per heavy atom. The lowest BCUT2D eigenvalue weighted by atomic mass is 10.1. The molecule has 0 aliphatic carbocycles. The molecule has 3 aromatic rings.